The summed E-state index contributed by atoms with van der Waals surface area (Å²) in [4.78, 5) is 2.03. The first-order valence-corrected chi connectivity index (χ1v) is 7.51. The molecule has 0 aliphatic rings. The first-order valence-electron chi connectivity index (χ1n) is 6.07. The van der Waals surface area contributed by atoms with Gasteiger partial charge in [-0.25, -0.2) is 4.72 Å². The molecule has 0 bridgehead atoms. The minimum atomic E-state index is -3.45. The van der Waals surface area contributed by atoms with E-state index in [4.69, 9.17) is 5.11 Å². The standard InChI is InChI=1S/C11H27N3O3S/c1-11(2,10-13(3)4)9-12-18(16,17)14(5)7-6-8-15/h12,15H,6-10H2,1-5H3. The van der Waals surface area contributed by atoms with Crippen molar-refractivity contribution in [1.29, 1.82) is 0 Å². The predicted octanol–water partition coefficient (Wildman–Crippen LogP) is -0.277. The Balaban J connectivity index is 4.33. The van der Waals surface area contributed by atoms with E-state index < -0.39 is 10.2 Å². The maximum Gasteiger partial charge on any atom is 0.279 e. The van der Waals surface area contributed by atoms with Gasteiger partial charge in [-0.3, -0.25) is 0 Å². The zero-order chi connectivity index (χ0) is 14.4. The average molecular weight is 281 g/mol. The number of hydrogen-bond donors (Lipinski definition) is 2. The van der Waals surface area contributed by atoms with Crippen LogP contribution in [-0.4, -0.2) is 70.1 Å². The lowest BCUT2D eigenvalue weighted by Gasteiger charge is -2.29. The summed E-state index contributed by atoms with van der Waals surface area (Å²) in [5, 5.41) is 8.69. The molecule has 0 heterocycles. The molecule has 0 aromatic carbocycles. The largest absolute Gasteiger partial charge is 0.396 e. The monoisotopic (exact) mass is 281 g/mol. The molecule has 0 spiro atoms. The summed E-state index contributed by atoms with van der Waals surface area (Å²) in [6, 6.07) is 0. The first kappa shape index (κ1) is 17.8. The van der Waals surface area contributed by atoms with Crippen LogP contribution in [-0.2, 0) is 10.2 Å². The molecule has 0 unspecified atom stereocenters. The fourth-order valence-electron chi connectivity index (χ4n) is 1.72. The van der Waals surface area contributed by atoms with Crippen LogP contribution < -0.4 is 4.72 Å². The molecule has 0 radical (unpaired) electrons. The molecule has 0 aromatic rings. The van der Waals surface area contributed by atoms with Gasteiger partial charge in [0.15, 0.2) is 0 Å². The van der Waals surface area contributed by atoms with Crippen molar-refractivity contribution in [3.63, 3.8) is 0 Å². The van der Waals surface area contributed by atoms with Crippen LogP contribution in [0.5, 0.6) is 0 Å². The molecular weight excluding hydrogens is 254 g/mol. The molecule has 0 saturated heterocycles. The van der Waals surface area contributed by atoms with Crippen LogP contribution in [0.1, 0.15) is 20.3 Å². The van der Waals surface area contributed by atoms with Crippen LogP contribution in [0.3, 0.4) is 0 Å². The normalized spacial score (nSPS) is 13.6. The smallest absolute Gasteiger partial charge is 0.279 e. The number of aliphatic hydroxyl groups excluding tert-OH is 1. The van der Waals surface area contributed by atoms with E-state index in [0.717, 1.165) is 6.54 Å². The van der Waals surface area contributed by atoms with E-state index in [1.165, 1.54) is 11.4 Å². The lowest BCUT2D eigenvalue weighted by atomic mass is 9.93. The van der Waals surface area contributed by atoms with Crippen molar-refractivity contribution in [2.45, 2.75) is 20.3 Å². The van der Waals surface area contributed by atoms with Gasteiger partial charge >= 0.3 is 0 Å². The van der Waals surface area contributed by atoms with Crippen LogP contribution in [0, 0.1) is 5.41 Å². The van der Waals surface area contributed by atoms with Crippen LogP contribution in [0.2, 0.25) is 0 Å². The lowest BCUT2D eigenvalue weighted by molar-refractivity contribution is 0.240. The van der Waals surface area contributed by atoms with Crippen LogP contribution >= 0.6 is 0 Å². The van der Waals surface area contributed by atoms with Gasteiger partial charge in [0.1, 0.15) is 0 Å². The summed E-state index contributed by atoms with van der Waals surface area (Å²) in [5.41, 5.74) is -0.131. The summed E-state index contributed by atoms with van der Waals surface area (Å²) < 4.78 is 27.6. The Kier molecular flexibility index (Phi) is 7.31. The summed E-state index contributed by atoms with van der Waals surface area (Å²) in [6.45, 7) is 5.53. The van der Waals surface area contributed by atoms with Crippen molar-refractivity contribution < 1.29 is 13.5 Å². The molecule has 0 aliphatic heterocycles. The van der Waals surface area contributed by atoms with Gasteiger partial charge in [0.25, 0.3) is 10.2 Å². The van der Waals surface area contributed by atoms with E-state index >= 15 is 0 Å². The molecule has 2 N–H and O–H groups in total. The highest BCUT2D eigenvalue weighted by Gasteiger charge is 2.24. The Labute approximate surface area is 111 Å². The highest BCUT2D eigenvalue weighted by atomic mass is 32.2. The average Bonchev–Trinajstić information content (AvgIpc) is 2.21. The maximum atomic E-state index is 11.9. The second-order valence-electron chi connectivity index (χ2n) is 5.63. The maximum absolute atomic E-state index is 11.9. The van der Waals surface area contributed by atoms with Gasteiger partial charge in [-0.15, -0.1) is 0 Å². The second kappa shape index (κ2) is 7.40. The van der Waals surface area contributed by atoms with Gasteiger partial charge in [0.05, 0.1) is 0 Å². The quantitative estimate of drug-likeness (QED) is 0.610. The van der Waals surface area contributed by atoms with Gasteiger partial charge in [-0.2, -0.15) is 12.7 Å². The zero-order valence-electron chi connectivity index (χ0n) is 12.1. The van der Waals surface area contributed by atoms with E-state index in [-0.39, 0.29) is 12.0 Å². The summed E-state index contributed by atoms with van der Waals surface area (Å²) >= 11 is 0. The third-order valence-electron chi connectivity index (χ3n) is 2.52. The van der Waals surface area contributed by atoms with Gasteiger partial charge in [0.2, 0.25) is 0 Å². The Hall–Kier alpha value is -0.210. The first-order chi connectivity index (χ1) is 8.10. The van der Waals surface area contributed by atoms with Crippen LogP contribution in [0.15, 0.2) is 0 Å². The topological polar surface area (TPSA) is 72.9 Å². The van der Waals surface area contributed by atoms with E-state index in [2.05, 4.69) is 4.72 Å². The van der Waals surface area contributed by atoms with Crippen molar-refractivity contribution in [2.24, 2.45) is 5.41 Å². The van der Waals surface area contributed by atoms with E-state index in [1.807, 2.05) is 32.8 Å². The Morgan fingerprint density at radius 3 is 2.22 bits per heavy atom. The number of rotatable bonds is 9. The molecule has 0 atom stereocenters. The predicted molar refractivity (Wildman–Crippen MR) is 73.6 cm³/mol. The van der Waals surface area contributed by atoms with Gasteiger partial charge in [-0.05, 0) is 25.9 Å². The third kappa shape index (κ3) is 7.27. The number of nitrogens with one attached hydrogen (secondary N) is 1. The molecule has 0 saturated carbocycles. The van der Waals surface area contributed by atoms with Crippen molar-refractivity contribution in [1.82, 2.24) is 13.9 Å². The molecule has 0 fully saturated rings. The van der Waals surface area contributed by atoms with Gasteiger partial charge in [-0.1, -0.05) is 13.8 Å². The minimum Gasteiger partial charge on any atom is -0.396 e. The lowest BCUT2D eigenvalue weighted by Crippen LogP contribution is -2.45. The Morgan fingerprint density at radius 1 is 1.22 bits per heavy atom. The molecule has 0 aromatic heterocycles. The summed E-state index contributed by atoms with van der Waals surface area (Å²) in [5.74, 6) is 0. The van der Waals surface area contributed by atoms with Crippen LogP contribution in [0.4, 0.5) is 0 Å². The van der Waals surface area contributed by atoms with Crippen molar-refractivity contribution in [3.8, 4) is 0 Å². The third-order valence-corrected chi connectivity index (χ3v) is 4.03. The van der Waals surface area contributed by atoms with Gasteiger partial charge < -0.3 is 10.0 Å². The fourth-order valence-corrected chi connectivity index (χ4v) is 2.89. The summed E-state index contributed by atoms with van der Waals surface area (Å²) in [7, 11) is 1.99. The fraction of sp³-hybridized carbons (Fsp3) is 1.00. The number of aliphatic hydroxyl groups is 1. The molecule has 7 heteroatoms. The molecule has 0 amide bonds. The zero-order valence-corrected chi connectivity index (χ0v) is 12.9. The second-order valence-corrected chi connectivity index (χ2v) is 7.49. The van der Waals surface area contributed by atoms with Crippen molar-refractivity contribution >= 4 is 10.2 Å². The van der Waals surface area contributed by atoms with E-state index in [0.29, 0.717) is 19.5 Å². The minimum absolute atomic E-state index is 0.00795. The Bertz CT molecular complexity index is 328. The molecule has 18 heavy (non-hydrogen) atoms. The van der Waals surface area contributed by atoms with E-state index in [1.54, 1.807) is 0 Å². The van der Waals surface area contributed by atoms with Crippen LogP contribution in [0.25, 0.3) is 0 Å². The van der Waals surface area contributed by atoms with Crippen molar-refractivity contribution in [2.75, 3.05) is 47.4 Å². The van der Waals surface area contributed by atoms with Crippen molar-refractivity contribution in [3.05, 3.63) is 0 Å². The van der Waals surface area contributed by atoms with Gasteiger partial charge in [0, 0.05) is 33.3 Å². The summed E-state index contributed by atoms with van der Waals surface area (Å²) in [6.07, 6.45) is 0.443. The van der Waals surface area contributed by atoms with E-state index in [9.17, 15) is 8.42 Å². The molecule has 0 rings (SSSR count). The Morgan fingerprint density at radius 2 is 1.78 bits per heavy atom. The number of hydrogen-bond acceptors (Lipinski definition) is 4. The highest BCUT2D eigenvalue weighted by molar-refractivity contribution is 7.87. The molecule has 0 aliphatic carbocycles. The number of nitrogens with zero attached hydrogens (tertiary/aromatic N) is 2. The highest BCUT2D eigenvalue weighted by Crippen LogP contribution is 2.14. The molecule has 6 nitrogen and oxygen atoms in total. The molecule has 110 valence electrons. The SMILES string of the molecule is CN(C)CC(C)(C)CNS(=O)(=O)N(C)CCCO. The molecular formula is C11H27N3O3S.